The summed E-state index contributed by atoms with van der Waals surface area (Å²) >= 11 is 0. The fourth-order valence-corrected chi connectivity index (χ4v) is 4.51. The van der Waals surface area contributed by atoms with Gasteiger partial charge >= 0.3 is 0 Å². The van der Waals surface area contributed by atoms with Crippen LogP contribution in [0, 0.1) is 0 Å². The third-order valence-electron chi connectivity index (χ3n) is 6.38. The molecular weight excluding hydrogens is 404 g/mol. The standard InChI is InChI=1S/C24H28N6O2/c31-22(28-8-4-5-9-28)18-27-10-12-29(13-11-27)24(32)21-14-20-16-26-30(23(20)25-15-21)17-19-6-2-1-3-7-19/h1-3,6-7,14-16H,4-5,8-13,17-18H2. The maximum absolute atomic E-state index is 13.0. The van der Waals surface area contributed by atoms with Crippen LogP contribution in [0.15, 0.2) is 48.8 Å². The van der Waals surface area contributed by atoms with Crippen molar-refractivity contribution in [1.29, 1.82) is 0 Å². The molecular formula is C24H28N6O2. The van der Waals surface area contributed by atoms with E-state index in [0.717, 1.165) is 55.6 Å². The van der Waals surface area contributed by atoms with Gasteiger partial charge in [-0.05, 0) is 24.5 Å². The van der Waals surface area contributed by atoms with Crippen LogP contribution in [0.3, 0.4) is 0 Å². The van der Waals surface area contributed by atoms with Gasteiger partial charge in [-0.15, -0.1) is 0 Å². The van der Waals surface area contributed by atoms with E-state index in [4.69, 9.17) is 0 Å². The Labute approximate surface area is 187 Å². The van der Waals surface area contributed by atoms with Crippen molar-refractivity contribution in [2.45, 2.75) is 19.4 Å². The number of amides is 2. The quantitative estimate of drug-likeness (QED) is 0.615. The Hall–Kier alpha value is -3.26. The van der Waals surface area contributed by atoms with Gasteiger partial charge in [-0.2, -0.15) is 5.10 Å². The van der Waals surface area contributed by atoms with E-state index in [0.29, 0.717) is 31.7 Å². The molecule has 0 unspecified atom stereocenters. The molecule has 5 rings (SSSR count). The number of hydrogen-bond donors (Lipinski definition) is 0. The van der Waals surface area contributed by atoms with Crippen molar-refractivity contribution >= 4 is 22.8 Å². The van der Waals surface area contributed by atoms with Crippen LogP contribution in [0.1, 0.15) is 28.8 Å². The summed E-state index contributed by atoms with van der Waals surface area (Å²) in [5.74, 6) is 0.199. The Morgan fingerprint density at radius 1 is 0.875 bits per heavy atom. The number of carbonyl (C=O) groups excluding carboxylic acids is 2. The topological polar surface area (TPSA) is 74.6 Å². The lowest BCUT2D eigenvalue weighted by molar-refractivity contribution is -0.131. The molecule has 0 saturated carbocycles. The number of aromatic nitrogens is 3. The second-order valence-electron chi connectivity index (χ2n) is 8.58. The average Bonchev–Trinajstić information content (AvgIpc) is 3.50. The molecule has 0 bridgehead atoms. The average molecular weight is 433 g/mol. The summed E-state index contributed by atoms with van der Waals surface area (Å²) in [7, 11) is 0. The predicted octanol–water partition coefficient (Wildman–Crippen LogP) is 1.86. The molecule has 0 N–H and O–H groups in total. The maximum Gasteiger partial charge on any atom is 0.255 e. The van der Waals surface area contributed by atoms with E-state index in [9.17, 15) is 9.59 Å². The van der Waals surface area contributed by atoms with Crippen LogP contribution < -0.4 is 0 Å². The molecule has 2 aromatic heterocycles. The highest BCUT2D eigenvalue weighted by Crippen LogP contribution is 2.17. The minimum absolute atomic E-state index is 0.0132. The molecule has 32 heavy (non-hydrogen) atoms. The van der Waals surface area contributed by atoms with Crippen molar-refractivity contribution in [3.8, 4) is 0 Å². The fourth-order valence-electron chi connectivity index (χ4n) is 4.51. The van der Waals surface area contributed by atoms with Crippen LogP contribution in [0.4, 0.5) is 0 Å². The summed E-state index contributed by atoms with van der Waals surface area (Å²) < 4.78 is 1.86. The Morgan fingerprint density at radius 3 is 2.38 bits per heavy atom. The molecule has 0 spiro atoms. The number of benzene rings is 1. The van der Waals surface area contributed by atoms with Gasteiger partial charge in [0.05, 0.1) is 24.8 Å². The minimum Gasteiger partial charge on any atom is -0.342 e. The molecule has 4 heterocycles. The molecule has 3 aromatic rings. The summed E-state index contributed by atoms with van der Waals surface area (Å²) in [6.45, 7) is 5.54. The van der Waals surface area contributed by atoms with Gasteiger partial charge in [0.2, 0.25) is 5.91 Å². The van der Waals surface area contributed by atoms with Crippen molar-refractivity contribution in [3.63, 3.8) is 0 Å². The molecule has 2 amide bonds. The highest BCUT2D eigenvalue weighted by atomic mass is 16.2. The summed E-state index contributed by atoms with van der Waals surface area (Å²) in [6, 6.07) is 12.0. The monoisotopic (exact) mass is 432 g/mol. The zero-order valence-corrected chi connectivity index (χ0v) is 18.2. The van der Waals surface area contributed by atoms with Crippen molar-refractivity contribution in [2.75, 3.05) is 45.8 Å². The van der Waals surface area contributed by atoms with Gasteiger partial charge < -0.3 is 9.80 Å². The summed E-state index contributed by atoms with van der Waals surface area (Å²) in [5.41, 5.74) is 2.51. The Balaban J connectivity index is 1.20. The number of rotatable bonds is 5. The fraction of sp³-hybridized carbons (Fsp3) is 0.417. The lowest BCUT2D eigenvalue weighted by Gasteiger charge is -2.35. The SMILES string of the molecule is O=C(CN1CCN(C(=O)c2cnc3c(cnn3Cc3ccccc3)c2)CC1)N1CCCC1. The molecule has 0 radical (unpaired) electrons. The molecule has 2 saturated heterocycles. The second kappa shape index (κ2) is 9.08. The Bertz CT molecular complexity index is 1100. The molecule has 2 aliphatic rings. The highest BCUT2D eigenvalue weighted by molar-refractivity contribution is 5.97. The van der Waals surface area contributed by atoms with E-state index in [1.165, 1.54) is 0 Å². The third kappa shape index (κ3) is 4.36. The molecule has 2 fully saturated rings. The zero-order valence-electron chi connectivity index (χ0n) is 18.2. The maximum atomic E-state index is 13.0. The smallest absolute Gasteiger partial charge is 0.255 e. The summed E-state index contributed by atoms with van der Waals surface area (Å²) in [6.07, 6.45) is 5.64. The van der Waals surface area contributed by atoms with Crippen LogP contribution in [0.25, 0.3) is 11.0 Å². The first-order chi connectivity index (χ1) is 15.7. The van der Waals surface area contributed by atoms with Crippen molar-refractivity contribution in [1.82, 2.24) is 29.5 Å². The normalized spacial score (nSPS) is 17.2. The molecule has 0 atom stereocenters. The number of piperazine rings is 1. The van der Waals surface area contributed by atoms with Gasteiger partial charge in [-0.1, -0.05) is 30.3 Å². The molecule has 8 heteroatoms. The van der Waals surface area contributed by atoms with Crippen LogP contribution >= 0.6 is 0 Å². The van der Waals surface area contributed by atoms with E-state index in [-0.39, 0.29) is 11.8 Å². The minimum atomic E-state index is -0.0132. The summed E-state index contributed by atoms with van der Waals surface area (Å²) in [4.78, 5) is 35.9. The Kier molecular flexibility index (Phi) is 5.85. The van der Waals surface area contributed by atoms with E-state index in [1.54, 1.807) is 12.4 Å². The lowest BCUT2D eigenvalue weighted by Crippen LogP contribution is -2.51. The van der Waals surface area contributed by atoms with Crippen LogP contribution in [-0.4, -0.2) is 87.1 Å². The van der Waals surface area contributed by atoms with Gasteiger partial charge in [0.1, 0.15) is 0 Å². The largest absolute Gasteiger partial charge is 0.342 e. The number of hydrogen-bond acceptors (Lipinski definition) is 5. The van der Waals surface area contributed by atoms with E-state index in [1.807, 2.05) is 38.7 Å². The van der Waals surface area contributed by atoms with Gasteiger partial charge in [-0.25, -0.2) is 9.67 Å². The number of fused-ring (bicyclic) bond motifs is 1. The molecule has 8 nitrogen and oxygen atoms in total. The molecule has 166 valence electrons. The van der Waals surface area contributed by atoms with E-state index >= 15 is 0 Å². The number of nitrogens with zero attached hydrogens (tertiary/aromatic N) is 6. The van der Waals surface area contributed by atoms with Crippen LogP contribution in [0.5, 0.6) is 0 Å². The first kappa shape index (κ1) is 20.6. The highest BCUT2D eigenvalue weighted by Gasteiger charge is 2.26. The van der Waals surface area contributed by atoms with Crippen molar-refractivity contribution in [3.05, 3.63) is 59.9 Å². The molecule has 1 aromatic carbocycles. The van der Waals surface area contributed by atoms with Gasteiger partial charge in [0.25, 0.3) is 5.91 Å². The molecule has 2 aliphatic heterocycles. The number of pyridine rings is 1. The Morgan fingerprint density at radius 2 is 1.62 bits per heavy atom. The molecule has 0 aliphatic carbocycles. The van der Waals surface area contributed by atoms with Crippen LogP contribution in [0.2, 0.25) is 0 Å². The number of carbonyl (C=O) groups is 2. The van der Waals surface area contributed by atoms with Crippen molar-refractivity contribution in [2.24, 2.45) is 0 Å². The second-order valence-corrected chi connectivity index (χ2v) is 8.58. The lowest BCUT2D eigenvalue weighted by atomic mass is 10.2. The summed E-state index contributed by atoms with van der Waals surface area (Å²) in [5, 5.41) is 5.32. The number of likely N-dealkylation sites (tertiary alicyclic amines) is 1. The van der Waals surface area contributed by atoms with E-state index < -0.39 is 0 Å². The van der Waals surface area contributed by atoms with Gasteiger partial charge in [-0.3, -0.25) is 14.5 Å². The zero-order chi connectivity index (χ0) is 21.9. The van der Waals surface area contributed by atoms with E-state index in [2.05, 4.69) is 27.1 Å². The predicted molar refractivity (Wildman–Crippen MR) is 121 cm³/mol. The van der Waals surface area contributed by atoms with Gasteiger partial charge in [0, 0.05) is 50.9 Å². The van der Waals surface area contributed by atoms with Crippen LogP contribution in [-0.2, 0) is 11.3 Å². The third-order valence-corrected chi connectivity index (χ3v) is 6.38. The van der Waals surface area contributed by atoms with Gasteiger partial charge in [0.15, 0.2) is 5.65 Å². The van der Waals surface area contributed by atoms with Crippen molar-refractivity contribution < 1.29 is 9.59 Å². The first-order valence-corrected chi connectivity index (χ1v) is 11.3. The first-order valence-electron chi connectivity index (χ1n) is 11.3.